The van der Waals surface area contributed by atoms with Gasteiger partial charge in [-0.05, 0) is 48.1 Å². The zero-order chi connectivity index (χ0) is 22.1. The molecular weight excluding hydrogens is 514 g/mol. The number of aromatic nitrogens is 1. The minimum absolute atomic E-state index is 0.195. The first-order valence-electron chi connectivity index (χ1n) is 8.68. The molecule has 7 nitrogen and oxygen atoms in total. The van der Waals surface area contributed by atoms with Gasteiger partial charge < -0.3 is 4.74 Å². The Labute approximate surface area is 194 Å². The molecule has 1 amide bonds. The summed E-state index contributed by atoms with van der Waals surface area (Å²) in [5, 5.41) is 12.9. The number of halogens is 2. The Hall–Kier alpha value is -2.01. The van der Waals surface area contributed by atoms with E-state index in [1.54, 1.807) is 26.8 Å². The fraction of sp³-hybridized carbons (Fsp3) is 0.263. The van der Waals surface area contributed by atoms with E-state index in [9.17, 15) is 14.9 Å². The number of pyridine rings is 1. The first-order valence-corrected chi connectivity index (χ1v) is 11.5. The number of hydrogen-bond donors (Lipinski definition) is 0. The van der Waals surface area contributed by atoms with Crippen LogP contribution < -0.4 is 4.90 Å². The van der Waals surface area contributed by atoms with Gasteiger partial charge in [0, 0.05) is 17.0 Å². The first-order chi connectivity index (χ1) is 14.0. The van der Waals surface area contributed by atoms with Crippen molar-refractivity contribution in [3.05, 3.63) is 59.3 Å². The molecule has 0 saturated heterocycles. The molecule has 0 aliphatic carbocycles. The van der Waals surface area contributed by atoms with Crippen molar-refractivity contribution < 1.29 is 14.5 Å². The van der Waals surface area contributed by atoms with Crippen LogP contribution in [0.25, 0.3) is 16.3 Å². The number of hydrogen-bond acceptors (Lipinski definition) is 7. The number of amides is 1. The molecule has 0 spiro atoms. The maximum Gasteiger partial charge on any atom is 0.415 e. The third kappa shape index (κ3) is 5.37. The van der Waals surface area contributed by atoms with Gasteiger partial charge in [-0.25, -0.2) is 9.78 Å². The van der Waals surface area contributed by atoms with Crippen LogP contribution in [0.3, 0.4) is 0 Å². The van der Waals surface area contributed by atoms with E-state index in [1.165, 1.54) is 33.6 Å². The van der Waals surface area contributed by atoms with Gasteiger partial charge in [0.25, 0.3) is 0 Å². The molecule has 0 N–H and O–H groups in total. The lowest BCUT2D eigenvalue weighted by molar-refractivity contribution is -0.400. The van der Waals surface area contributed by atoms with Crippen molar-refractivity contribution in [2.24, 2.45) is 0 Å². The molecule has 3 heterocycles. The van der Waals surface area contributed by atoms with Crippen LogP contribution in [0.15, 0.2) is 34.3 Å². The van der Waals surface area contributed by atoms with Crippen LogP contribution in [-0.4, -0.2) is 21.6 Å². The molecule has 0 unspecified atom stereocenters. The number of thiophene rings is 2. The largest absolute Gasteiger partial charge is 0.443 e. The summed E-state index contributed by atoms with van der Waals surface area (Å²) in [5.41, 5.74) is 0.362. The lowest BCUT2D eigenvalue weighted by Gasteiger charge is -2.27. The number of anilines is 1. The maximum absolute atomic E-state index is 13.1. The minimum atomic E-state index is -0.684. The van der Waals surface area contributed by atoms with Crippen molar-refractivity contribution in [3.63, 3.8) is 0 Å². The number of nitrogens with zero attached hydrogens (tertiary/aromatic N) is 3. The van der Waals surface area contributed by atoms with E-state index in [4.69, 9.17) is 16.3 Å². The quantitative estimate of drug-likeness (QED) is 0.202. The highest BCUT2D eigenvalue weighted by molar-refractivity contribution is 9.10. The van der Waals surface area contributed by atoms with Crippen LogP contribution in [0.2, 0.25) is 5.15 Å². The molecule has 3 aromatic rings. The molecule has 0 aromatic carbocycles. The molecule has 0 saturated carbocycles. The number of nitro groups is 1. The second-order valence-corrected chi connectivity index (χ2v) is 10.4. The smallest absolute Gasteiger partial charge is 0.415 e. The second kappa shape index (κ2) is 9.01. The number of fused-ring (bicyclic) bond motifs is 1. The predicted octanol–water partition coefficient (Wildman–Crippen LogP) is 6.96. The van der Waals surface area contributed by atoms with E-state index in [1.807, 2.05) is 17.5 Å². The molecule has 158 valence electrons. The number of ether oxygens (including phenoxy) is 1. The number of carbonyl (C=O) groups is 1. The Bertz CT molecular complexity index is 1120. The standard InChI is InChI=1S/C19H17BrClN3O4S2/c1-19(2,3)28-18(25)23(10-11-5-4-8-29-11)12-9-14(21)22-16-15(20)13(30-17(12)16)6-7-24(26)27/h4-9H,10H2,1-3H3/b7-6+. The maximum atomic E-state index is 13.1. The third-order valence-electron chi connectivity index (χ3n) is 3.70. The van der Waals surface area contributed by atoms with E-state index < -0.39 is 16.6 Å². The zero-order valence-electron chi connectivity index (χ0n) is 16.2. The van der Waals surface area contributed by atoms with Gasteiger partial charge in [-0.1, -0.05) is 17.7 Å². The average molecular weight is 531 g/mol. The van der Waals surface area contributed by atoms with Crippen LogP contribution in [0.1, 0.15) is 30.5 Å². The van der Waals surface area contributed by atoms with Gasteiger partial charge in [0.2, 0.25) is 6.20 Å². The predicted molar refractivity (Wildman–Crippen MR) is 125 cm³/mol. The van der Waals surface area contributed by atoms with Crippen molar-refractivity contribution in [2.45, 2.75) is 32.9 Å². The van der Waals surface area contributed by atoms with E-state index in [2.05, 4.69) is 20.9 Å². The molecule has 30 heavy (non-hydrogen) atoms. The summed E-state index contributed by atoms with van der Waals surface area (Å²) in [7, 11) is 0. The highest BCUT2D eigenvalue weighted by atomic mass is 79.9. The van der Waals surface area contributed by atoms with Crippen LogP contribution >= 0.6 is 50.2 Å². The highest BCUT2D eigenvalue weighted by Gasteiger charge is 2.27. The van der Waals surface area contributed by atoms with Gasteiger partial charge >= 0.3 is 6.09 Å². The third-order valence-corrected chi connectivity index (χ3v) is 6.99. The summed E-state index contributed by atoms with van der Waals surface area (Å²) in [6.45, 7) is 5.68. The van der Waals surface area contributed by atoms with Crippen molar-refractivity contribution >= 4 is 78.3 Å². The van der Waals surface area contributed by atoms with Crippen LogP contribution in [0, 0.1) is 10.1 Å². The van der Waals surface area contributed by atoms with Crippen molar-refractivity contribution in [1.29, 1.82) is 0 Å². The van der Waals surface area contributed by atoms with E-state index in [0.29, 0.717) is 25.3 Å². The Kier molecular flexibility index (Phi) is 6.81. The van der Waals surface area contributed by atoms with Gasteiger partial charge in [0.15, 0.2) is 0 Å². The Morgan fingerprint density at radius 2 is 2.20 bits per heavy atom. The molecular formula is C19H17BrClN3O4S2. The molecule has 0 aliphatic rings. The van der Waals surface area contributed by atoms with Gasteiger partial charge in [0.05, 0.1) is 36.7 Å². The number of rotatable bonds is 5. The molecule has 3 aromatic heterocycles. The fourth-order valence-electron chi connectivity index (χ4n) is 2.57. The average Bonchev–Trinajstić information content (AvgIpc) is 3.24. The summed E-state index contributed by atoms with van der Waals surface area (Å²) < 4.78 is 6.86. The van der Waals surface area contributed by atoms with Crippen molar-refractivity contribution in [1.82, 2.24) is 4.98 Å². The van der Waals surface area contributed by atoms with Crippen molar-refractivity contribution in [2.75, 3.05) is 4.90 Å². The van der Waals surface area contributed by atoms with Gasteiger partial charge in [-0.15, -0.1) is 22.7 Å². The molecule has 0 aliphatic heterocycles. The van der Waals surface area contributed by atoms with Crippen LogP contribution in [0.5, 0.6) is 0 Å². The van der Waals surface area contributed by atoms with E-state index in [0.717, 1.165) is 11.1 Å². The van der Waals surface area contributed by atoms with E-state index in [-0.39, 0.29) is 11.7 Å². The molecule has 11 heteroatoms. The molecule has 3 rings (SSSR count). The molecule has 0 bridgehead atoms. The summed E-state index contributed by atoms with van der Waals surface area (Å²) in [6, 6.07) is 5.44. The second-order valence-electron chi connectivity index (χ2n) is 7.17. The molecule has 0 fully saturated rings. The van der Waals surface area contributed by atoms with Crippen molar-refractivity contribution in [3.8, 4) is 0 Å². The normalized spacial score (nSPS) is 11.9. The number of carbonyl (C=O) groups excluding carboxylic acids is 1. The van der Waals surface area contributed by atoms with Crippen LogP contribution in [0.4, 0.5) is 10.5 Å². The highest BCUT2D eigenvalue weighted by Crippen LogP contribution is 2.42. The molecule has 0 atom stereocenters. The summed E-state index contributed by atoms with van der Waals surface area (Å²) in [6.07, 6.45) is 1.71. The topological polar surface area (TPSA) is 85.6 Å². The Balaban J connectivity index is 2.16. The van der Waals surface area contributed by atoms with Gasteiger partial charge in [0.1, 0.15) is 10.8 Å². The zero-order valence-corrected chi connectivity index (χ0v) is 20.2. The van der Waals surface area contributed by atoms with Gasteiger partial charge in [-0.3, -0.25) is 15.0 Å². The summed E-state index contributed by atoms with van der Waals surface area (Å²) >= 11 is 12.5. The molecule has 0 radical (unpaired) electrons. The van der Waals surface area contributed by atoms with Crippen LogP contribution in [-0.2, 0) is 11.3 Å². The Morgan fingerprint density at radius 1 is 1.47 bits per heavy atom. The SMILES string of the molecule is CC(C)(C)OC(=O)N(Cc1cccs1)c1cc(Cl)nc2c(Br)c(/C=C/[N+](=O)[O-])sc12. The Morgan fingerprint density at radius 3 is 2.80 bits per heavy atom. The summed E-state index contributed by atoms with van der Waals surface area (Å²) in [4.78, 5) is 30.7. The first kappa shape index (κ1) is 22.7. The lowest BCUT2D eigenvalue weighted by Crippen LogP contribution is -2.36. The minimum Gasteiger partial charge on any atom is -0.443 e. The van der Waals surface area contributed by atoms with Gasteiger partial charge in [-0.2, -0.15) is 0 Å². The van der Waals surface area contributed by atoms with E-state index >= 15 is 0 Å². The fourth-order valence-corrected chi connectivity index (χ4v) is 5.30. The summed E-state index contributed by atoms with van der Waals surface area (Å²) in [5.74, 6) is 0. The lowest BCUT2D eigenvalue weighted by atomic mass is 10.2. The monoisotopic (exact) mass is 529 g/mol.